The summed E-state index contributed by atoms with van der Waals surface area (Å²) in [6.45, 7) is 3.84. The number of anilines is 1. The summed E-state index contributed by atoms with van der Waals surface area (Å²) in [6.07, 6.45) is 6.07. The number of rotatable bonds is 7. The average molecular weight is 451 g/mol. The Bertz CT molecular complexity index is 1290. The first-order chi connectivity index (χ1) is 15.5. The number of amides is 1. The molecule has 4 rings (SSSR count). The number of hydrogen-bond donors (Lipinski definition) is 2. The summed E-state index contributed by atoms with van der Waals surface area (Å²) in [5, 5.41) is 12.2. The van der Waals surface area contributed by atoms with Crippen LogP contribution in [-0.2, 0) is 6.42 Å². The fourth-order valence-electron chi connectivity index (χ4n) is 3.24. The van der Waals surface area contributed by atoms with Crippen LogP contribution in [0.25, 0.3) is 21.6 Å². The van der Waals surface area contributed by atoms with E-state index in [4.69, 9.17) is 9.84 Å². The minimum absolute atomic E-state index is 0.0957. The van der Waals surface area contributed by atoms with Gasteiger partial charge in [-0.05, 0) is 38.8 Å². The predicted molar refractivity (Wildman–Crippen MR) is 122 cm³/mol. The summed E-state index contributed by atoms with van der Waals surface area (Å²) in [6, 6.07) is 3.73. The highest BCUT2D eigenvalue weighted by atomic mass is 32.1. The molecule has 0 aromatic carbocycles. The molecule has 2 N–H and O–H groups in total. The van der Waals surface area contributed by atoms with Crippen molar-refractivity contribution in [1.82, 2.24) is 24.9 Å². The summed E-state index contributed by atoms with van der Waals surface area (Å²) in [7, 11) is 1.57. The number of fused-ring (bicyclic) bond motifs is 1. The van der Waals surface area contributed by atoms with Gasteiger partial charge in [0, 0.05) is 35.3 Å². The first-order valence-electron chi connectivity index (χ1n) is 10.0. The number of aromatic nitrogens is 5. The third kappa shape index (κ3) is 4.56. The Morgan fingerprint density at radius 2 is 1.81 bits per heavy atom. The van der Waals surface area contributed by atoms with E-state index in [0.717, 1.165) is 22.6 Å². The highest BCUT2D eigenvalue weighted by molar-refractivity contribution is 7.21. The van der Waals surface area contributed by atoms with E-state index in [9.17, 15) is 4.79 Å². The van der Waals surface area contributed by atoms with Gasteiger partial charge in [-0.15, -0.1) is 0 Å². The highest BCUT2D eigenvalue weighted by Gasteiger charge is 2.19. The molecule has 0 aliphatic carbocycles. The van der Waals surface area contributed by atoms with Gasteiger partial charge in [0.15, 0.2) is 15.6 Å². The van der Waals surface area contributed by atoms with Crippen LogP contribution >= 0.6 is 11.3 Å². The number of pyridine rings is 2. The van der Waals surface area contributed by atoms with Crippen LogP contribution in [0.3, 0.4) is 0 Å². The second-order valence-electron chi connectivity index (χ2n) is 7.19. The largest absolute Gasteiger partial charge is 0.494 e. The van der Waals surface area contributed by atoms with Crippen LogP contribution in [-0.4, -0.2) is 49.7 Å². The molecule has 0 bridgehead atoms. The van der Waals surface area contributed by atoms with Crippen LogP contribution in [0.5, 0.6) is 5.75 Å². The van der Waals surface area contributed by atoms with Crippen LogP contribution in [0.1, 0.15) is 33.9 Å². The number of nitrogens with zero attached hydrogens (tertiary/aromatic N) is 5. The Labute approximate surface area is 188 Å². The first-order valence-corrected chi connectivity index (χ1v) is 10.8. The maximum atomic E-state index is 13.2. The van der Waals surface area contributed by atoms with Crippen LogP contribution in [0.15, 0.2) is 30.7 Å². The van der Waals surface area contributed by atoms with Crippen LogP contribution < -0.4 is 10.1 Å². The number of ether oxygens (including phenoxy) is 1. The number of thiazole rings is 1. The molecule has 0 aliphatic heterocycles. The van der Waals surface area contributed by atoms with Crippen molar-refractivity contribution in [3.8, 4) is 16.9 Å². The van der Waals surface area contributed by atoms with Crippen molar-refractivity contribution in [2.75, 3.05) is 19.0 Å². The lowest BCUT2D eigenvalue weighted by atomic mass is 9.99. The summed E-state index contributed by atoms with van der Waals surface area (Å²) in [5.74, 6) is 0.225. The number of aliphatic hydroxyl groups excluding tert-OH is 1. The lowest BCUT2D eigenvalue weighted by molar-refractivity contribution is 0.102. The molecule has 0 aliphatic rings. The van der Waals surface area contributed by atoms with Crippen LogP contribution in [0.2, 0.25) is 0 Å². The molecule has 4 heterocycles. The van der Waals surface area contributed by atoms with Gasteiger partial charge in [0.2, 0.25) is 0 Å². The lowest BCUT2D eigenvalue weighted by Crippen LogP contribution is -2.14. The van der Waals surface area contributed by atoms with Gasteiger partial charge in [-0.3, -0.25) is 20.1 Å². The number of aryl methyl sites for hydroxylation is 3. The number of hydrogen-bond acceptors (Lipinski definition) is 9. The minimum Gasteiger partial charge on any atom is -0.494 e. The third-order valence-electron chi connectivity index (χ3n) is 4.78. The maximum Gasteiger partial charge on any atom is 0.259 e. The Hall–Kier alpha value is -3.50. The molecule has 10 heteroatoms. The van der Waals surface area contributed by atoms with Crippen LogP contribution in [0, 0.1) is 13.8 Å². The second kappa shape index (κ2) is 9.33. The second-order valence-corrected chi connectivity index (χ2v) is 8.17. The molecule has 1 amide bonds. The van der Waals surface area contributed by atoms with E-state index in [0.29, 0.717) is 45.3 Å². The van der Waals surface area contributed by atoms with Gasteiger partial charge >= 0.3 is 0 Å². The molecule has 0 unspecified atom stereocenters. The SMILES string of the molecule is COc1cnc(C)cc1-c1cc(C)ncc1C(=O)Nc1nc2ncc(CCCO)nc2s1. The maximum absolute atomic E-state index is 13.2. The Balaban J connectivity index is 1.67. The molecule has 0 radical (unpaired) electrons. The number of aliphatic hydroxyl groups is 1. The average Bonchev–Trinajstić information content (AvgIpc) is 3.18. The smallest absolute Gasteiger partial charge is 0.259 e. The van der Waals surface area contributed by atoms with Crippen molar-refractivity contribution in [2.45, 2.75) is 26.7 Å². The first kappa shape index (κ1) is 21.7. The van der Waals surface area contributed by atoms with Gasteiger partial charge in [-0.1, -0.05) is 11.3 Å². The molecule has 32 heavy (non-hydrogen) atoms. The van der Waals surface area contributed by atoms with E-state index >= 15 is 0 Å². The van der Waals surface area contributed by atoms with Gasteiger partial charge < -0.3 is 9.84 Å². The Kier molecular flexibility index (Phi) is 6.33. The fourth-order valence-corrected chi connectivity index (χ4v) is 4.05. The van der Waals surface area contributed by atoms with Crippen molar-refractivity contribution >= 4 is 32.9 Å². The van der Waals surface area contributed by atoms with Gasteiger partial charge in [-0.25, -0.2) is 9.97 Å². The predicted octanol–water partition coefficient (Wildman–Crippen LogP) is 3.35. The topological polar surface area (TPSA) is 123 Å². The van der Waals surface area contributed by atoms with Crippen LogP contribution in [0.4, 0.5) is 5.13 Å². The van der Waals surface area contributed by atoms with Crippen molar-refractivity contribution in [2.24, 2.45) is 0 Å². The van der Waals surface area contributed by atoms with E-state index in [-0.39, 0.29) is 12.5 Å². The summed E-state index contributed by atoms with van der Waals surface area (Å²) < 4.78 is 5.47. The number of carbonyl (C=O) groups excluding carboxylic acids is 1. The molecule has 0 fully saturated rings. The molecule has 0 saturated carbocycles. The quantitative estimate of drug-likeness (QED) is 0.439. The zero-order valence-electron chi connectivity index (χ0n) is 17.9. The summed E-state index contributed by atoms with van der Waals surface area (Å²) in [4.78, 5) is 35.6. The normalized spacial score (nSPS) is 11.0. The van der Waals surface area contributed by atoms with E-state index in [1.807, 2.05) is 26.0 Å². The van der Waals surface area contributed by atoms with E-state index in [1.54, 1.807) is 25.7 Å². The van der Waals surface area contributed by atoms with Gasteiger partial charge in [-0.2, -0.15) is 4.98 Å². The minimum atomic E-state index is -0.344. The monoisotopic (exact) mass is 450 g/mol. The molecule has 9 nitrogen and oxygen atoms in total. The zero-order valence-corrected chi connectivity index (χ0v) is 18.7. The fraction of sp³-hybridized carbons (Fsp3) is 0.273. The standard InChI is InChI=1S/C22H22N6O3S/c1-12-7-15(16-8-13(2)24-11-18(16)31-3)17(10-23-12)20(30)28-22-27-19-21(32-22)26-14(9-25-19)5-4-6-29/h7-11,29H,4-6H2,1-3H3,(H,25,27,28,30). The molecule has 164 valence electrons. The van der Waals surface area contributed by atoms with Crippen molar-refractivity contribution in [3.63, 3.8) is 0 Å². The summed E-state index contributed by atoms with van der Waals surface area (Å²) in [5.41, 5.74) is 4.67. The van der Waals surface area contributed by atoms with E-state index < -0.39 is 0 Å². The lowest BCUT2D eigenvalue weighted by Gasteiger charge is -2.13. The number of nitrogens with one attached hydrogen (secondary N) is 1. The molecule has 4 aromatic heterocycles. The molecule has 0 atom stereocenters. The molecular formula is C22H22N6O3S. The highest BCUT2D eigenvalue weighted by Crippen LogP contribution is 2.33. The van der Waals surface area contributed by atoms with Crippen molar-refractivity contribution in [1.29, 1.82) is 0 Å². The number of methoxy groups -OCH3 is 1. The summed E-state index contributed by atoms with van der Waals surface area (Å²) >= 11 is 1.25. The third-order valence-corrected chi connectivity index (χ3v) is 5.64. The van der Waals surface area contributed by atoms with Gasteiger partial charge in [0.1, 0.15) is 5.75 Å². The molecule has 4 aromatic rings. The van der Waals surface area contributed by atoms with Gasteiger partial charge in [0.25, 0.3) is 5.91 Å². The van der Waals surface area contributed by atoms with Crippen molar-refractivity contribution in [3.05, 3.63) is 53.4 Å². The Morgan fingerprint density at radius 1 is 1.06 bits per heavy atom. The van der Waals surface area contributed by atoms with E-state index in [2.05, 4.69) is 30.2 Å². The molecular weight excluding hydrogens is 428 g/mol. The zero-order chi connectivity index (χ0) is 22.7. The van der Waals surface area contributed by atoms with E-state index in [1.165, 1.54) is 11.3 Å². The molecule has 0 saturated heterocycles. The molecule has 0 spiro atoms. The van der Waals surface area contributed by atoms with Gasteiger partial charge in [0.05, 0.1) is 30.8 Å². The number of carbonyl (C=O) groups is 1. The van der Waals surface area contributed by atoms with Crippen molar-refractivity contribution < 1.29 is 14.6 Å². The Morgan fingerprint density at radius 3 is 2.56 bits per heavy atom.